The topological polar surface area (TPSA) is 24.9 Å². The molecule has 0 radical (unpaired) electrons. The zero-order chi connectivity index (χ0) is 14.8. The molecule has 0 aliphatic heterocycles. The molecule has 1 unspecified atom stereocenters. The number of alkyl halides is 3. The quantitative estimate of drug-likeness (QED) is 0.828. The van der Waals surface area contributed by atoms with Crippen molar-refractivity contribution < 1.29 is 13.2 Å². The van der Waals surface area contributed by atoms with Crippen molar-refractivity contribution in [2.75, 3.05) is 5.32 Å². The van der Waals surface area contributed by atoms with E-state index in [4.69, 9.17) is 0 Å². The Morgan fingerprint density at radius 3 is 2.80 bits per heavy atom. The van der Waals surface area contributed by atoms with Gasteiger partial charge in [-0.3, -0.25) is 0 Å². The molecule has 2 aromatic rings. The lowest BCUT2D eigenvalue weighted by atomic mass is 10.2. The van der Waals surface area contributed by atoms with Crippen LogP contribution in [0.4, 0.5) is 19.0 Å². The maximum atomic E-state index is 13.0. The molecule has 2 heterocycles. The third-order valence-electron chi connectivity index (χ3n) is 2.63. The third kappa shape index (κ3) is 3.96. The zero-order valence-corrected chi connectivity index (χ0v) is 12.9. The molecule has 0 aliphatic rings. The number of thiophene rings is 1. The van der Waals surface area contributed by atoms with Crippen LogP contribution < -0.4 is 5.32 Å². The summed E-state index contributed by atoms with van der Waals surface area (Å²) in [5.74, 6) is -0.134. The number of halogens is 4. The standard InChI is InChI=1S/C13H12BrF3N2S/c1-8(5-10-3-2-4-20-10)19-12-11(13(15,16)17)6-9(14)7-18-12/h2-4,6-8H,5H2,1H3,(H,18,19). The van der Waals surface area contributed by atoms with Crippen molar-refractivity contribution in [3.8, 4) is 0 Å². The highest BCUT2D eigenvalue weighted by atomic mass is 79.9. The van der Waals surface area contributed by atoms with Gasteiger partial charge in [0.05, 0.1) is 5.56 Å². The van der Waals surface area contributed by atoms with Crippen molar-refractivity contribution in [3.05, 3.63) is 44.7 Å². The molecular weight excluding hydrogens is 353 g/mol. The summed E-state index contributed by atoms with van der Waals surface area (Å²) in [6, 6.07) is 4.78. The monoisotopic (exact) mass is 364 g/mol. The Kier molecular flexibility index (Phi) is 4.70. The van der Waals surface area contributed by atoms with Crippen LogP contribution in [-0.2, 0) is 12.6 Å². The van der Waals surface area contributed by atoms with Gasteiger partial charge in [-0.05, 0) is 40.4 Å². The largest absolute Gasteiger partial charge is 0.419 e. The fraction of sp³-hybridized carbons (Fsp3) is 0.308. The maximum Gasteiger partial charge on any atom is 0.419 e. The second kappa shape index (κ2) is 6.13. The van der Waals surface area contributed by atoms with Gasteiger partial charge in [0.1, 0.15) is 5.82 Å². The van der Waals surface area contributed by atoms with Crippen LogP contribution >= 0.6 is 27.3 Å². The van der Waals surface area contributed by atoms with Crippen LogP contribution in [0.25, 0.3) is 0 Å². The number of nitrogens with zero attached hydrogens (tertiary/aromatic N) is 1. The molecule has 0 aliphatic carbocycles. The lowest BCUT2D eigenvalue weighted by molar-refractivity contribution is -0.137. The SMILES string of the molecule is CC(Cc1cccs1)Nc1ncc(Br)cc1C(F)(F)F. The highest BCUT2D eigenvalue weighted by Gasteiger charge is 2.35. The van der Waals surface area contributed by atoms with Gasteiger partial charge in [-0.2, -0.15) is 13.2 Å². The van der Waals surface area contributed by atoms with Gasteiger partial charge in [0.15, 0.2) is 0 Å². The molecule has 0 saturated heterocycles. The maximum absolute atomic E-state index is 13.0. The summed E-state index contributed by atoms with van der Waals surface area (Å²) in [5.41, 5.74) is -0.759. The smallest absolute Gasteiger partial charge is 0.367 e. The number of nitrogens with one attached hydrogen (secondary N) is 1. The van der Waals surface area contributed by atoms with E-state index in [-0.39, 0.29) is 11.9 Å². The minimum atomic E-state index is -4.43. The van der Waals surface area contributed by atoms with E-state index in [2.05, 4.69) is 26.2 Å². The fourth-order valence-electron chi connectivity index (χ4n) is 1.79. The van der Waals surface area contributed by atoms with Gasteiger partial charge in [0, 0.05) is 28.0 Å². The van der Waals surface area contributed by atoms with Crippen LogP contribution in [0.1, 0.15) is 17.4 Å². The fourth-order valence-corrected chi connectivity index (χ4v) is 2.95. The molecule has 1 N–H and O–H groups in total. The minimum absolute atomic E-state index is 0.134. The van der Waals surface area contributed by atoms with E-state index in [1.807, 2.05) is 24.4 Å². The van der Waals surface area contributed by atoms with Crippen molar-refractivity contribution >= 4 is 33.1 Å². The molecule has 0 fully saturated rings. The Morgan fingerprint density at radius 2 is 2.20 bits per heavy atom. The Balaban J connectivity index is 2.16. The lowest BCUT2D eigenvalue weighted by Crippen LogP contribution is -2.21. The summed E-state index contributed by atoms with van der Waals surface area (Å²) < 4.78 is 39.2. The Morgan fingerprint density at radius 1 is 1.45 bits per heavy atom. The molecule has 0 aromatic carbocycles. The second-order valence-electron chi connectivity index (χ2n) is 4.38. The van der Waals surface area contributed by atoms with Crippen molar-refractivity contribution in [2.45, 2.75) is 25.6 Å². The molecule has 1 atom stereocenters. The van der Waals surface area contributed by atoms with Crippen molar-refractivity contribution in [3.63, 3.8) is 0 Å². The minimum Gasteiger partial charge on any atom is -0.367 e. The zero-order valence-electron chi connectivity index (χ0n) is 10.5. The number of aromatic nitrogens is 1. The number of hydrogen-bond donors (Lipinski definition) is 1. The van der Waals surface area contributed by atoms with Crippen molar-refractivity contribution in [1.82, 2.24) is 4.98 Å². The van der Waals surface area contributed by atoms with Crippen LogP contribution in [0.5, 0.6) is 0 Å². The summed E-state index contributed by atoms with van der Waals surface area (Å²) in [4.78, 5) is 4.96. The molecule has 108 valence electrons. The average molecular weight is 365 g/mol. The van der Waals surface area contributed by atoms with Gasteiger partial charge in [-0.1, -0.05) is 6.07 Å². The Bertz CT molecular complexity index is 569. The predicted octanol–water partition coefficient (Wildman–Crippen LogP) is 4.97. The van der Waals surface area contributed by atoms with Crippen LogP contribution in [0.3, 0.4) is 0 Å². The highest BCUT2D eigenvalue weighted by Crippen LogP contribution is 2.35. The van der Waals surface area contributed by atoms with Crippen LogP contribution in [0.2, 0.25) is 0 Å². The average Bonchev–Trinajstić information content (AvgIpc) is 2.82. The lowest BCUT2D eigenvalue weighted by Gasteiger charge is -2.18. The number of hydrogen-bond acceptors (Lipinski definition) is 3. The molecule has 0 bridgehead atoms. The summed E-state index contributed by atoms with van der Waals surface area (Å²) in [6.45, 7) is 1.84. The molecular formula is C13H12BrF3N2S. The first-order valence-electron chi connectivity index (χ1n) is 5.88. The van der Waals surface area contributed by atoms with E-state index in [0.29, 0.717) is 10.9 Å². The molecule has 2 rings (SSSR count). The number of anilines is 1. The van der Waals surface area contributed by atoms with Gasteiger partial charge < -0.3 is 5.32 Å². The molecule has 20 heavy (non-hydrogen) atoms. The molecule has 7 heteroatoms. The van der Waals surface area contributed by atoms with E-state index < -0.39 is 11.7 Å². The van der Waals surface area contributed by atoms with Crippen LogP contribution in [0, 0.1) is 0 Å². The predicted molar refractivity (Wildman–Crippen MR) is 78.0 cm³/mol. The summed E-state index contributed by atoms with van der Waals surface area (Å²) in [6.07, 6.45) is -2.41. The van der Waals surface area contributed by atoms with Gasteiger partial charge in [0.2, 0.25) is 0 Å². The van der Waals surface area contributed by atoms with Gasteiger partial charge >= 0.3 is 6.18 Å². The van der Waals surface area contributed by atoms with Crippen LogP contribution in [-0.4, -0.2) is 11.0 Å². The van der Waals surface area contributed by atoms with Gasteiger partial charge in [-0.25, -0.2) is 4.98 Å². The number of pyridine rings is 1. The van der Waals surface area contributed by atoms with E-state index in [9.17, 15) is 13.2 Å². The third-order valence-corrected chi connectivity index (χ3v) is 3.96. The summed E-state index contributed by atoms with van der Waals surface area (Å²) in [7, 11) is 0. The van der Waals surface area contributed by atoms with Gasteiger partial charge in [-0.15, -0.1) is 11.3 Å². The second-order valence-corrected chi connectivity index (χ2v) is 6.32. The molecule has 0 amide bonds. The van der Waals surface area contributed by atoms with E-state index in [1.165, 1.54) is 6.20 Å². The Hall–Kier alpha value is -1.08. The first-order valence-corrected chi connectivity index (χ1v) is 7.55. The normalized spacial score (nSPS) is 13.2. The molecule has 0 spiro atoms. The van der Waals surface area contributed by atoms with Crippen molar-refractivity contribution in [1.29, 1.82) is 0 Å². The summed E-state index contributed by atoms with van der Waals surface area (Å²) in [5, 5.41) is 4.78. The van der Waals surface area contributed by atoms with Gasteiger partial charge in [0.25, 0.3) is 0 Å². The highest BCUT2D eigenvalue weighted by molar-refractivity contribution is 9.10. The first kappa shape index (κ1) is 15.3. The van der Waals surface area contributed by atoms with Crippen LogP contribution in [0.15, 0.2) is 34.2 Å². The molecule has 2 aromatic heterocycles. The summed E-state index contributed by atoms with van der Waals surface area (Å²) >= 11 is 4.60. The van der Waals surface area contributed by atoms with Crippen molar-refractivity contribution in [2.24, 2.45) is 0 Å². The van der Waals surface area contributed by atoms with E-state index in [1.54, 1.807) is 11.3 Å². The Labute approximate surface area is 127 Å². The number of rotatable bonds is 4. The molecule has 0 saturated carbocycles. The van der Waals surface area contributed by atoms with E-state index >= 15 is 0 Å². The first-order chi connectivity index (χ1) is 9.36. The van der Waals surface area contributed by atoms with E-state index in [0.717, 1.165) is 10.9 Å². The molecule has 2 nitrogen and oxygen atoms in total.